The van der Waals surface area contributed by atoms with Crippen LogP contribution in [-0.4, -0.2) is 19.8 Å². The first kappa shape index (κ1) is 19.5. The summed E-state index contributed by atoms with van der Waals surface area (Å²) in [6.45, 7) is 6.48. The van der Waals surface area contributed by atoms with Crippen LogP contribution in [0.4, 0.5) is 11.4 Å². The summed E-state index contributed by atoms with van der Waals surface area (Å²) in [6, 6.07) is 15.4. The van der Waals surface area contributed by atoms with Crippen molar-refractivity contribution in [2.45, 2.75) is 44.9 Å². The van der Waals surface area contributed by atoms with Gasteiger partial charge in [-0.25, -0.2) is 8.42 Å². The topological polar surface area (TPSA) is 67.4 Å². The molecule has 2 aromatic rings. The van der Waals surface area contributed by atoms with Gasteiger partial charge in [0.1, 0.15) is 5.75 Å². The quantitative estimate of drug-likeness (QED) is 0.692. The minimum absolute atomic E-state index is 0.573. The summed E-state index contributed by atoms with van der Waals surface area (Å²) in [7, 11) is -3.41. The normalized spacial score (nSPS) is 14.6. The highest BCUT2D eigenvalue weighted by Gasteiger charge is 2.28. The Kier molecular flexibility index (Phi) is 5.65. The summed E-state index contributed by atoms with van der Waals surface area (Å²) in [5.74, 6) is 1.62. The van der Waals surface area contributed by atoms with Crippen LogP contribution in [0.2, 0.25) is 0 Å². The molecule has 0 unspecified atom stereocenters. The number of hydrogen-bond acceptors (Lipinski definition) is 4. The maximum absolute atomic E-state index is 12.2. The van der Waals surface area contributed by atoms with E-state index in [0.29, 0.717) is 12.2 Å². The van der Waals surface area contributed by atoms with Gasteiger partial charge in [-0.1, -0.05) is 18.2 Å². The van der Waals surface area contributed by atoms with Gasteiger partial charge in [0.05, 0.1) is 11.4 Å². The summed E-state index contributed by atoms with van der Waals surface area (Å²) in [5.41, 5.74) is 2.64. The molecule has 0 aliphatic heterocycles. The molecule has 0 bridgehead atoms. The molecule has 2 N–H and O–H groups in total. The highest BCUT2D eigenvalue weighted by atomic mass is 32.2. The number of rotatable bonds is 8. The molecule has 0 aromatic heterocycles. The second-order valence-electron chi connectivity index (χ2n) is 8.05. The number of ether oxygens (including phenoxy) is 1. The summed E-state index contributed by atoms with van der Waals surface area (Å²) in [5, 5.41) is 3.38. The third kappa shape index (κ3) is 5.63. The molecule has 0 saturated heterocycles. The smallest absolute Gasteiger partial charge is 0.237 e. The second kappa shape index (κ2) is 7.80. The van der Waals surface area contributed by atoms with E-state index in [1.165, 1.54) is 12.8 Å². The average molecular weight is 389 g/mol. The molecule has 5 nitrogen and oxygen atoms in total. The molecule has 0 amide bonds. The van der Waals surface area contributed by atoms with Gasteiger partial charge in [-0.05, 0) is 69.4 Å². The van der Waals surface area contributed by atoms with Gasteiger partial charge in [-0.2, -0.15) is 0 Å². The van der Waals surface area contributed by atoms with Gasteiger partial charge in [0.25, 0.3) is 0 Å². The van der Waals surface area contributed by atoms with Crippen LogP contribution in [0, 0.1) is 5.92 Å². The zero-order valence-electron chi connectivity index (χ0n) is 16.2. The van der Waals surface area contributed by atoms with E-state index in [0.717, 1.165) is 29.5 Å². The van der Waals surface area contributed by atoms with Crippen LogP contribution in [0.15, 0.2) is 48.5 Å². The van der Waals surface area contributed by atoms with Gasteiger partial charge in [-0.3, -0.25) is 4.72 Å². The van der Waals surface area contributed by atoms with E-state index in [1.54, 1.807) is 32.9 Å². The van der Waals surface area contributed by atoms with Crippen molar-refractivity contribution in [2.24, 2.45) is 5.92 Å². The molecule has 146 valence electrons. The largest absolute Gasteiger partial charge is 0.493 e. The molecule has 1 aliphatic carbocycles. The Morgan fingerprint density at radius 1 is 1.04 bits per heavy atom. The van der Waals surface area contributed by atoms with Crippen molar-refractivity contribution in [3.63, 3.8) is 0 Å². The van der Waals surface area contributed by atoms with Crippen LogP contribution in [0.3, 0.4) is 0 Å². The zero-order valence-corrected chi connectivity index (χ0v) is 17.0. The summed E-state index contributed by atoms with van der Waals surface area (Å²) < 4.78 is 32.0. The average Bonchev–Trinajstić information content (AvgIpc) is 3.43. The molecule has 1 fully saturated rings. The molecular weight excluding hydrogens is 360 g/mol. The first-order valence-corrected chi connectivity index (χ1v) is 10.8. The highest BCUT2D eigenvalue weighted by molar-refractivity contribution is 7.94. The van der Waals surface area contributed by atoms with Gasteiger partial charge in [-0.15, -0.1) is 0 Å². The van der Waals surface area contributed by atoms with Crippen LogP contribution in [0.1, 0.15) is 39.2 Å². The SMILES string of the molecule is CC(C)(C)S(=O)(=O)Nc1ccc(CNc2cccc(OCC3CC3)c2)cc1. The molecule has 3 rings (SSSR count). The number of anilines is 2. The first-order valence-electron chi connectivity index (χ1n) is 9.31. The zero-order chi connectivity index (χ0) is 19.5. The predicted molar refractivity (Wildman–Crippen MR) is 111 cm³/mol. The summed E-state index contributed by atoms with van der Waals surface area (Å²) in [6.07, 6.45) is 2.56. The summed E-state index contributed by atoms with van der Waals surface area (Å²) >= 11 is 0. The number of benzene rings is 2. The van der Waals surface area contributed by atoms with E-state index in [-0.39, 0.29) is 0 Å². The Morgan fingerprint density at radius 2 is 1.74 bits per heavy atom. The third-order valence-electron chi connectivity index (χ3n) is 4.53. The lowest BCUT2D eigenvalue weighted by Gasteiger charge is -2.20. The Hall–Kier alpha value is -2.21. The molecule has 0 spiro atoms. The fourth-order valence-electron chi connectivity index (χ4n) is 2.40. The molecule has 0 atom stereocenters. The maximum atomic E-state index is 12.2. The fraction of sp³-hybridized carbons (Fsp3) is 0.429. The minimum atomic E-state index is -3.41. The monoisotopic (exact) mass is 388 g/mol. The Labute approximate surface area is 162 Å². The molecule has 0 heterocycles. The molecule has 27 heavy (non-hydrogen) atoms. The standard InChI is InChI=1S/C21H28N2O3S/c1-21(2,3)27(24,25)23-18-11-9-16(10-12-18)14-22-19-5-4-6-20(13-19)26-15-17-7-8-17/h4-6,9-13,17,22-23H,7-8,14-15H2,1-3H3. The Balaban J connectivity index is 1.55. The first-order chi connectivity index (χ1) is 12.7. The lowest BCUT2D eigenvalue weighted by atomic mass is 10.2. The van der Waals surface area contributed by atoms with E-state index >= 15 is 0 Å². The number of sulfonamides is 1. The van der Waals surface area contributed by atoms with Gasteiger partial charge in [0, 0.05) is 24.0 Å². The van der Waals surface area contributed by atoms with Crippen LogP contribution in [-0.2, 0) is 16.6 Å². The van der Waals surface area contributed by atoms with Crippen molar-refractivity contribution >= 4 is 21.4 Å². The highest BCUT2D eigenvalue weighted by Crippen LogP contribution is 2.30. The second-order valence-corrected chi connectivity index (χ2v) is 10.5. The van der Waals surface area contributed by atoms with Crippen LogP contribution in [0.5, 0.6) is 5.75 Å². The Morgan fingerprint density at radius 3 is 2.37 bits per heavy atom. The number of hydrogen-bond donors (Lipinski definition) is 2. The van der Waals surface area contributed by atoms with Gasteiger partial charge >= 0.3 is 0 Å². The molecule has 1 saturated carbocycles. The third-order valence-corrected chi connectivity index (χ3v) is 6.64. The van der Waals surface area contributed by atoms with Gasteiger partial charge in [0.2, 0.25) is 10.0 Å². The van der Waals surface area contributed by atoms with Crippen LogP contribution < -0.4 is 14.8 Å². The van der Waals surface area contributed by atoms with E-state index in [1.807, 2.05) is 36.4 Å². The lowest BCUT2D eigenvalue weighted by molar-refractivity contribution is 0.300. The van der Waals surface area contributed by atoms with E-state index in [2.05, 4.69) is 10.0 Å². The van der Waals surface area contributed by atoms with Crippen molar-refractivity contribution in [3.8, 4) is 5.75 Å². The predicted octanol–water partition coefficient (Wildman–Crippen LogP) is 4.63. The van der Waals surface area contributed by atoms with Crippen molar-refractivity contribution in [1.29, 1.82) is 0 Å². The minimum Gasteiger partial charge on any atom is -0.493 e. The van der Waals surface area contributed by atoms with Crippen LogP contribution >= 0.6 is 0 Å². The molecule has 2 aromatic carbocycles. The molecule has 1 aliphatic rings. The fourth-order valence-corrected chi connectivity index (χ4v) is 3.15. The van der Waals surface area contributed by atoms with E-state index < -0.39 is 14.8 Å². The maximum Gasteiger partial charge on any atom is 0.237 e. The summed E-state index contributed by atoms with van der Waals surface area (Å²) in [4.78, 5) is 0. The van der Waals surface area contributed by atoms with Crippen molar-refractivity contribution in [3.05, 3.63) is 54.1 Å². The molecular formula is C21H28N2O3S. The molecule has 0 radical (unpaired) electrons. The van der Waals surface area contributed by atoms with E-state index in [4.69, 9.17) is 4.74 Å². The van der Waals surface area contributed by atoms with Crippen LogP contribution in [0.25, 0.3) is 0 Å². The van der Waals surface area contributed by atoms with Crippen molar-refractivity contribution in [1.82, 2.24) is 0 Å². The lowest BCUT2D eigenvalue weighted by Crippen LogP contribution is -2.33. The van der Waals surface area contributed by atoms with Gasteiger partial charge < -0.3 is 10.1 Å². The van der Waals surface area contributed by atoms with Crippen molar-refractivity contribution in [2.75, 3.05) is 16.6 Å². The van der Waals surface area contributed by atoms with E-state index in [9.17, 15) is 8.42 Å². The molecule has 6 heteroatoms. The number of nitrogens with one attached hydrogen (secondary N) is 2. The Bertz CT molecular complexity index is 867. The van der Waals surface area contributed by atoms with Crippen molar-refractivity contribution < 1.29 is 13.2 Å². The van der Waals surface area contributed by atoms with Gasteiger partial charge in [0.15, 0.2) is 0 Å².